The number of likely N-dealkylation sites (tertiary alicyclic amines) is 1. The van der Waals surface area contributed by atoms with E-state index in [1.54, 1.807) is 7.11 Å². The summed E-state index contributed by atoms with van der Waals surface area (Å²) in [7, 11) is 3.85. The van der Waals surface area contributed by atoms with E-state index in [0.717, 1.165) is 57.7 Å². The fraction of sp³-hybridized carbons (Fsp3) is 0.667. The van der Waals surface area contributed by atoms with Crippen LogP contribution in [0.1, 0.15) is 18.4 Å². The minimum atomic E-state index is -0.346. The zero-order chi connectivity index (χ0) is 19.1. The normalized spacial score (nSPS) is 21.8. The molecule has 1 atom stereocenters. The van der Waals surface area contributed by atoms with E-state index in [2.05, 4.69) is 29.4 Å². The predicted octanol–water partition coefficient (Wildman–Crippen LogP) is 1.40. The maximum Gasteiger partial charge on any atom is 0.253 e. The average Bonchev–Trinajstić information content (AvgIpc) is 2.73. The van der Waals surface area contributed by atoms with Crippen molar-refractivity contribution in [1.82, 2.24) is 15.1 Å². The van der Waals surface area contributed by atoms with E-state index in [-0.39, 0.29) is 12.0 Å². The van der Waals surface area contributed by atoms with Crippen LogP contribution in [0.15, 0.2) is 24.3 Å². The van der Waals surface area contributed by atoms with Gasteiger partial charge < -0.3 is 24.6 Å². The summed E-state index contributed by atoms with van der Waals surface area (Å²) in [6.45, 7) is 5.85. The van der Waals surface area contributed by atoms with E-state index >= 15 is 0 Å². The fourth-order valence-electron chi connectivity index (χ4n) is 3.83. The first-order chi connectivity index (χ1) is 13.2. The van der Waals surface area contributed by atoms with Crippen molar-refractivity contribution in [2.75, 3.05) is 60.0 Å². The van der Waals surface area contributed by atoms with Crippen LogP contribution in [0, 0.1) is 5.92 Å². The minimum absolute atomic E-state index is 0.134. The van der Waals surface area contributed by atoms with Gasteiger partial charge >= 0.3 is 0 Å². The van der Waals surface area contributed by atoms with E-state index in [4.69, 9.17) is 9.47 Å². The van der Waals surface area contributed by atoms with Crippen molar-refractivity contribution in [2.45, 2.75) is 25.4 Å². The molecule has 150 valence electrons. The number of rotatable bonds is 7. The number of benzene rings is 1. The molecular formula is C21H33N3O3. The molecule has 1 amide bonds. The zero-order valence-electron chi connectivity index (χ0n) is 16.7. The molecule has 2 heterocycles. The molecule has 2 fully saturated rings. The topological polar surface area (TPSA) is 54.0 Å². The number of amides is 1. The summed E-state index contributed by atoms with van der Waals surface area (Å²) >= 11 is 0. The minimum Gasteiger partial charge on any atom is -0.497 e. The molecule has 2 saturated heterocycles. The Kier molecular flexibility index (Phi) is 7.50. The first-order valence-corrected chi connectivity index (χ1v) is 10.1. The zero-order valence-corrected chi connectivity index (χ0v) is 16.7. The Morgan fingerprint density at radius 3 is 2.67 bits per heavy atom. The van der Waals surface area contributed by atoms with Crippen LogP contribution in [0.3, 0.4) is 0 Å². The molecule has 6 nitrogen and oxygen atoms in total. The summed E-state index contributed by atoms with van der Waals surface area (Å²) in [5.74, 6) is 1.58. The Balaban J connectivity index is 1.61. The van der Waals surface area contributed by atoms with Crippen molar-refractivity contribution in [3.63, 3.8) is 0 Å². The summed E-state index contributed by atoms with van der Waals surface area (Å²) in [6, 6.07) is 8.12. The van der Waals surface area contributed by atoms with Gasteiger partial charge in [-0.25, -0.2) is 0 Å². The van der Waals surface area contributed by atoms with Crippen LogP contribution in [0.25, 0.3) is 0 Å². The molecule has 1 unspecified atom stereocenters. The average molecular weight is 376 g/mol. The van der Waals surface area contributed by atoms with Gasteiger partial charge in [-0.2, -0.15) is 0 Å². The molecule has 27 heavy (non-hydrogen) atoms. The number of morpholine rings is 1. The summed E-state index contributed by atoms with van der Waals surface area (Å²) < 4.78 is 11.0. The lowest BCUT2D eigenvalue weighted by atomic mass is 9.96. The monoisotopic (exact) mass is 375 g/mol. The van der Waals surface area contributed by atoms with Gasteiger partial charge in [-0.15, -0.1) is 0 Å². The summed E-state index contributed by atoms with van der Waals surface area (Å²) in [4.78, 5) is 17.5. The fourth-order valence-corrected chi connectivity index (χ4v) is 3.83. The van der Waals surface area contributed by atoms with Crippen LogP contribution in [0.4, 0.5) is 0 Å². The van der Waals surface area contributed by atoms with Crippen molar-refractivity contribution < 1.29 is 14.3 Å². The van der Waals surface area contributed by atoms with Gasteiger partial charge in [0.2, 0.25) is 0 Å². The molecule has 3 rings (SSSR count). The second kappa shape index (κ2) is 10.1. The third-order valence-corrected chi connectivity index (χ3v) is 5.66. The van der Waals surface area contributed by atoms with Gasteiger partial charge in [0, 0.05) is 26.2 Å². The highest BCUT2D eigenvalue weighted by Gasteiger charge is 2.29. The largest absolute Gasteiger partial charge is 0.497 e. The quantitative estimate of drug-likeness (QED) is 0.781. The van der Waals surface area contributed by atoms with Gasteiger partial charge in [0.1, 0.15) is 11.9 Å². The lowest BCUT2D eigenvalue weighted by molar-refractivity contribution is -0.146. The molecule has 6 heteroatoms. The van der Waals surface area contributed by atoms with Crippen LogP contribution in [-0.2, 0) is 16.0 Å². The number of hydrogen-bond acceptors (Lipinski definition) is 5. The smallest absolute Gasteiger partial charge is 0.253 e. The van der Waals surface area contributed by atoms with Gasteiger partial charge in [0.05, 0.1) is 13.7 Å². The first-order valence-electron chi connectivity index (χ1n) is 10.1. The predicted molar refractivity (Wildman–Crippen MR) is 106 cm³/mol. The van der Waals surface area contributed by atoms with Crippen molar-refractivity contribution in [1.29, 1.82) is 0 Å². The van der Waals surface area contributed by atoms with Crippen LogP contribution < -0.4 is 10.1 Å². The van der Waals surface area contributed by atoms with E-state index in [0.29, 0.717) is 19.1 Å². The van der Waals surface area contributed by atoms with Crippen LogP contribution in [0.2, 0.25) is 0 Å². The second-order valence-electron chi connectivity index (χ2n) is 7.69. The van der Waals surface area contributed by atoms with Crippen LogP contribution in [-0.4, -0.2) is 81.8 Å². The van der Waals surface area contributed by atoms with Gasteiger partial charge in [-0.3, -0.25) is 4.79 Å². The van der Waals surface area contributed by atoms with Gasteiger partial charge in [-0.05, 0) is 63.0 Å². The highest BCUT2D eigenvalue weighted by molar-refractivity contribution is 5.81. The number of carbonyl (C=O) groups excluding carboxylic acids is 1. The number of nitrogens with zero attached hydrogens (tertiary/aromatic N) is 2. The van der Waals surface area contributed by atoms with Crippen LogP contribution >= 0.6 is 0 Å². The standard InChI is InChI=1S/C21H33N3O3/c1-23-11-7-18(8-12-23)16-24(21(25)20-15-22-10-14-27-20)13-9-17-3-5-19(26-2)6-4-17/h3-6,18,20,22H,7-16H2,1-2H3. The number of hydrogen-bond donors (Lipinski definition) is 1. The Morgan fingerprint density at radius 1 is 1.30 bits per heavy atom. The van der Waals surface area contributed by atoms with Crippen molar-refractivity contribution in [3.8, 4) is 5.75 Å². The molecule has 1 aromatic carbocycles. The molecule has 0 saturated carbocycles. The maximum absolute atomic E-state index is 13.1. The van der Waals surface area contributed by atoms with Crippen molar-refractivity contribution in [3.05, 3.63) is 29.8 Å². The van der Waals surface area contributed by atoms with Gasteiger partial charge in [0.15, 0.2) is 0 Å². The highest BCUT2D eigenvalue weighted by atomic mass is 16.5. The first kappa shape index (κ1) is 20.1. The van der Waals surface area contributed by atoms with Crippen molar-refractivity contribution >= 4 is 5.91 Å². The lowest BCUT2D eigenvalue weighted by Gasteiger charge is -2.35. The van der Waals surface area contributed by atoms with E-state index < -0.39 is 0 Å². The molecular weight excluding hydrogens is 342 g/mol. The maximum atomic E-state index is 13.1. The number of methoxy groups -OCH3 is 1. The van der Waals surface area contributed by atoms with Crippen molar-refractivity contribution in [2.24, 2.45) is 5.92 Å². The molecule has 2 aliphatic heterocycles. The molecule has 0 radical (unpaired) electrons. The third kappa shape index (κ3) is 5.92. The lowest BCUT2D eigenvalue weighted by Crippen LogP contribution is -2.51. The van der Waals surface area contributed by atoms with E-state index in [9.17, 15) is 4.79 Å². The second-order valence-corrected chi connectivity index (χ2v) is 7.69. The molecule has 2 aliphatic rings. The third-order valence-electron chi connectivity index (χ3n) is 5.66. The Hall–Kier alpha value is -1.63. The van der Waals surface area contributed by atoms with Gasteiger partial charge in [-0.1, -0.05) is 12.1 Å². The molecule has 1 N–H and O–H groups in total. The Labute approximate surface area is 162 Å². The summed E-state index contributed by atoms with van der Waals surface area (Å²) in [5, 5.41) is 3.27. The summed E-state index contributed by atoms with van der Waals surface area (Å²) in [6.07, 6.45) is 2.82. The molecule has 1 aromatic rings. The number of nitrogens with one attached hydrogen (secondary N) is 1. The Bertz CT molecular complexity index is 579. The molecule has 0 spiro atoms. The van der Waals surface area contributed by atoms with Crippen LogP contribution in [0.5, 0.6) is 5.75 Å². The molecule has 0 aromatic heterocycles. The SMILES string of the molecule is COc1ccc(CCN(CC2CCN(C)CC2)C(=O)C2CNCCO2)cc1. The number of carbonyl (C=O) groups is 1. The highest BCUT2D eigenvalue weighted by Crippen LogP contribution is 2.19. The number of piperidine rings is 1. The van der Waals surface area contributed by atoms with E-state index in [1.165, 1.54) is 5.56 Å². The summed E-state index contributed by atoms with van der Waals surface area (Å²) in [5.41, 5.74) is 1.22. The van der Waals surface area contributed by atoms with Gasteiger partial charge in [0.25, 0.3) is 5.91 Å². The number of ether oxygens (including phenoxy) is 2. The molecule has 0 bridgehead atoms. The van der Waals surface area contributed by atoms with E-state index in [1.807, 2.05) is 17.0 Å². The Morgan fingerprint density at radius 2 is 2.04 bits per heavy atom. The molecule has 0 aliphatic carbocycles.